The van der Waals surface area contributed by atoms with E-state index in [9.17, 15) is 13.2 Å². The van der Waals surface area contributed by atoms with Gasteiger partial charge < -0.3 is 10.1 Å². The van der Waals surface area contributed by atoms with E-state index in [1.165, 1.54) is 30.6 Å². The first kappa shape index (κ1) is 21.5. The number of para-hydroxylation sites is 1. The van der Waals surface area contributed by atoms with Crippen LogP contribution in [0.3, 0.4) is 0 Å². The number of anilines is 2. The number of nitrogens with zero attached hydrogens (tertiary/aromatic N) is 3. The Morgan fingerprint density at radius 2 is 1.94 bits per heavy atom. The molecule has 2 heterocycles. The van der Waals surface area contributed by atoms with Crippen LogP contribution in [-0.4, -0.2) is 42.5 Å². The third-order valence-corrected chi connectivity index (χ3v) is 5.82. The van der Waals surface area contributed by atoms with E-state index in [4.69, 9.17) is 4.74 Å². The maximum absolute atomic E-state index is 12.7. The second kappa shape index (κ2) is 8.81. The number of hydrogen-bond donors (Lipinski definition) is 2. The second-order valence-corrected chi connectivity index (χ2v) is 9.40. The SMILES string of the molecule is COc1cc(NC(=O)c2csc(-c3cnn(-c4ccccc4)c3)n2)ccc1NS(C)(=O)=O. The number of ether oxygens (including phenoxy) is 1. The highest BCUT2D eigenvalue weighted by Crippen LogP contribution is 2.29. The topological polar surface area (TPSA) is 115 Å². The molecule has 0 atom stereocenters. The van der Waals surface area contributed by atoms with Gasteiger partial charge in [-0.05, 0) is 24.3 Å². The van der Waals surface area contributed by atoms with Gasteiger partial charge in [-0.25, -0.2) is 18.1 Å². The summed E-state index contributed by atoms with van der Waals surface area (Å²) in [5.41, 5.74) is 2.71. The summed E-state index contributed by atoms with van der Waals surface area (Å²) in [6.45, 7) is 0. The largest absolute Gasteiger partial charge is 0.494 e. The molecule has 0 saturated heterocycles. The van der Waals surface area contributed by atoms with Crippen LogP contribution in [-0.2, 0) is 10.0 Å². The molecule has 1 amide bonds. The van der Waals surface area contributed by atoms with Gasteiger partial charge in [0.1, 0.15) is 16.5 Å². The fraction of sp³-hybridized carbons (Fsp3) is 0.0952. The van der Waals surface area contributed by atoms with Crippen LogP contribution in [0.2, 0.25) is 0 Å². The van der Waals surface area contributed by atoms with Gasteiger partial charge >= 0.3 is 0 Å². The van der Waals surface area contributed by atoms with Crippen LogP contribution in [0, 0.1) is 0 Å². The smallest absolute Gasteiger partial charge is 0.275 e. The van der Waals surface area contributed by atoms with Crippen molar-refractivity contribution in [3.63, 3.8) is 0 Å². The molecule has 4 aromatic rings. The van der Waals surface area contributed by atoms with Crippen LogP contribution < -0.4 is 14.8 Å². The molecular formula is C21H19N5O4S2. The van der Waals surface area contributed by atoms with Crippen molar-refractivity contribution in [2.75, 3.05) is 23.4 Å². The normalized spacial score (nSPS) is 11.2. The molecular weight excluding hydrogens is 450 g/mol. The minimum absolute atomic E-state index is 0.259. The monoisotopic (exact) mass is 469 g/mol. The van der Waals surface area contributed by atoms with Gasteiger partial charge in [0.05, 0.1) is 30.9 Å². The number of amides is 1. The molecule has 0 aliphatic carbocycles. The fourth-order valence-corrected chi connectivity index (χ4v) is 4.26. The average Bonchev–Trinajstić information content (AvgIpc) is 3.44. The molecule has 2 N–H and O–H groups in total. The van der Waals surface area contributed by atoms with Crippen molar-refractivity contribution in [1.82, 2.24) is 14.8 Å². The number of thiazole rings is 1. The van der Waals surface area contributed by atoms with E-state index >= 15 is 0 Å². The molecule has 0 spiro atoms. The van der Waals surface area contributed by atoms with Gasteiger partial charge in [-0.2, -0.15) is 5.10 Å². The number of carbonyl (C=O) groups is 1. The molecule has 2 aromatic heterocycles. The maximum atomic E-state index is 12.7. The molecule has 0 fully saturated rings. The van der Waals surface area contributed by atoms with Crippen molar-refractivity contribution in [2.45, 2.75) is 0 Å². The Morgan fingerprint density at radius 1 is 1.16 bits per heavy atom. The summed E-state index contributed by atoms with van der Waals surface area (Å²) in [5.74, 6) is -0.116. The van der Waals surface area contributed by atoms with Crippen LogP contribution in [0.1, 0.15) is 10.5 Å². The summed E-state index contributed by atoms with van der Waals surface area (Å²) in [7, 11) is -2.05. The lowest BCUT2D eigenvalue weighted by Crippen LogP contribution is -2.13. The molecule has 2 aromatic carbocycles. The van der Waals surface area contributed by atoms with Crippen molar-refractivity contribution in [3.05, 3.63) is 72.0 Å². The number of nitrogens with one attached hydrogen (secondary N) is 2. The molecule has 11 heteroatoms. The van der Waals surface area contributed by atoms with E-state index in [-0.39, 0.29) is 17.1 Å². The molecule has 0 unspecified atom stereocenters. The first-order valence-corrected chi connectivity index (χ1v) is 12.1. The van der Waals surface area contributed by atoms with E-state index in [1.807, 2.05) is 36.5 Å². The fourth-order valence-electron chi connectivity index (χ4n) is 2.91. The van der Waals surface area contributed by atoms with Crippen molar-refractivity contribution in [2.24, 2.45) is 0 Å². The number of methoxy groups -OCH3 is 1. The molecule has 0 bridgehead atoms. The summed E-state index contributed by atoms with van der Waals surface area (Å²) in [6.07, 6.45) is 4.60. The Bertz CT molecular complexity index is 1360. The number of aromatic nitrogens is 3. The molecule has 0 aliphatic heterocycles. The Balaban J connectivity index is 1.49. The third-order valence-electron chi connectivity index (χ3n) is 4.34. The minimum atomic E-state index is -3.46. The zero-order valence-corrected chi connectivity index (χ0v) is 18.8. The molecule has 0 radical (unpaired) electrons. The van der Waals surface area contributed by atoms with Crippen LogP contribution >= 0.6 is 11.3 Å². The maximum Gasteiger partial charge on any atom is 0.275 e. The summed E-state index contributed by atoms with van der Waals surface area (Å²) in [4.78, 5) is 17.1. The lowest BCUT2D eigenvalue weighted by Gasteiger charge is -2.12. The highest BCUT2D eigenvalue weighted by Gasteiger charge is 2.15. The number of hydrogen-bond acceptors (Lipinski definition) is 7. The van der Waals surface area contributed by atoms with E-state index in [2.05, 4.69) is 20.1 Å². The molecule has 164 valence electrons. The zero-order chi connectivity index (χ0) is 22.7. The molecule has 9 nitrogen and oxygen atoms in total. The van der Waals surface area contributed by atoms with Gasteiger partial charge in [0.15, 0.2) is 0 Å². The Kier molecular flexibility index (Phi) is 5.93. The number of rotatable bonds is 7. The van der Waals surface area contributed by atoms with Crippen molar-refractivity contribution in [3.8, 4) is 22.0 Å². The Morgan fingerprint density at radius 3 is 2.66 bits per heavy atom. The standard InChI is InChI=1S/C21H19N5O4S2/c1-30-19-10-15(8-9-17(19)25-32(2,28)29)23-20(27)18-13-31-21(24-18)14-11-22-26(12-14)16-6-4-3-5-7-16/h3-13,25H,1-2H3,(H,23,27). The average molecular weight is 470 g/mol. The predicted molar refractivity (Wildman–Crippen MR) is 124 cm³/mol. The van der Waals surface area contributed by atoms with Crippen molar-refractivity contribution < 1.29 is 17.9 Å². The number of benzene rings is 2. The minimum Gasteiger partial charge on any atom is -0.494 e. The lowest BCUT2D eigenvalue weighted by molar-refractivity contribution is 0.102. The van der Waals surface area contributed by atoms with E-state index < -0.39 is 15.9 Å². The van der Waals surface area contributed by atoms with Crippen LogP contribution in [0.25, 0.3) is 16.3 Å². The van der Waals surface area contributed by atoms with Gasteiger partial charge in [0, 0.05) is 28.9 Å². The third kappa shape index (κ3) is 4.95. The van der Waals surface area contributed by atoms with Gasteiger partial charge in [-0.1, -0.05) is 18.2 Å². The van der Waals surface area contributed by atoms with Gasteiger partial charge in [-0.15, -0.1) is 11.3 Å². The summed E-state index contributed by atoms with van der Waals surface area (Å²) >= 11 is 1.34. The highest BCUT2D eigenvalue weighted by molar-refractivity contribution is 7.92. The number of carbonyl (C=O) groups excluding carboxylic acids is 1. The molecule has 0 aliphatic rings. The molecule has 32 heavy (non-hydrogen) atoms. The van der Waals surface area contributed by atoms with Gasteiger partial charge in [0.25, 0.3) is 5.91 Å². The molecule has 4 rings (SSSR count). The summed E-state index contributed by atoms with van der Waals surface area (Å²) in [6, 6.07) is 14.3. The summed E-state index contributed by atoms with van der Waals surface area (Å²) in [5, 5.41) is 9.44. The van der Waals surface area contributed by atoms with Crippen molar-refractivity contribution in [1.29, 1.82) is 0 Å². The summed E-state index contributed by atoms with van der Waals surface area (Å²) < 4.78 is 32.3. The predicted octanol–water partition coefficient (Wildman–Crippen LogP) is 3.63. The lowest BCUT2D eigenvalue weighted by atomic mass is 10.2. The first-order chi connectivity index (χ1) is 15.3. The highest BCUT2D eigenvalue weighted by atomic mass is 32.2. The Hall–Kier alpha value is -3.70. The first-order valence-electron chi connectivity index (χ1n) is 9.35. The van der Waals surface area contributed by atoms with E-state index in [0.29, 0.717) is 10.7 Å². The van der Waals surface area contributed by atoms with Gasteiger partial charge in [-0.3, -0.25) is 9.52 Å². The van der Waals surface area contributed by atoms with Gasteiger partial charge in [0.2, 0.25) is 10.0 Å². The van der Waals surface area contributed by atoms with E-state index in [1.54, 1.807) is 22.3 Å². The van der Waals surface area contributed by atoms with Crippen LogP contribution in [0.5, 0.6) is 5.75 Å². The van der Waals surface area contributed by atoms with Crippen molar-refractivity contribution >= 4 is 38.6 Å². The zero-order valence-electron chi connectivity index (χ0n) is 17.1. The Labute approximate surface area is 188 Å². The number of sulfonamides is 1. The van der Waals surface area contributed by atoms with Crippen LogP contribution in [0.15, 0.2) is 66.3 Å². The van der Waals surface area contributed by atoms with Crippen LogP contribution in [0.4, 0.5) is 11.4 Å². The molecule has 0 saturated carbocycles. The quantitative estimate of drug-likeness (QED) is 0.427. The van der Waals surface area contributed by atoms with E-state index in [0.717, 1.165) is 17.5 Å². The second-order valence-electron chi connectivity index (χ2n) is 6.79.